The second-order valence-electron chi connectivity index (χ2n) is 4.80. The lowest BCUT2D eigenvalue weighted by Crippen LogP contribution is -2.46. The van der Waals surface area contributed by atoms with E-state index in [1.165, 1.54) is 0 Å². The molecule has 0 aliphatic carbocycles. The quantitative estimate of drug-likeness (QED) is 0.388. The average molecular weight is 367 g/mol. The Morgan fingerprint density at radius 1 is 0.565 bits per heavy atom. The maximum absolute atomic E-state index is 5.41. The molecule has 0 aromatic carbocycles. The minimum atomic E-state index is -2.69. The van der Waals surface area contributed by atoms with Crippen LogP contribution in [0.25, 0.3) is 0 Å². The van der Waals surface area contributed by atoms with Crippen molar-refractivity contribution in [2.75, 3.05) is 42.7 Å². The average Bonchev–Trinajstić information content (AvgIpc) is 2.58. The molecule has 0 bridgehead atoms. The molecule has 7 nitrogen and oxygen atoms in total. The molecule has 0 aromatic heterocycles. The number of hydrogen-bond donors (Lipinski definition) is 0. The highest BCUT2D eigenvalue weighted by Crippen LogP contribution is 2.26. The summed E-state index contributed by atoms with van der Waals surface area (Å²) in [6, 6.07) is 0. The SMILES string of the molecule is CO[Si](OC)(OC)C(C)/C=C/O/C=C/C(C)[Si](OC)(OC)OC. The van der Waals surface area contributed by atoms with Crippen molar-refractivity contribution in [3.63, 3.8) is 0 Å². The van der Waals surface area contributed by atoms with Crippen LogP contribution in [0.15, 0.2) is 24.7 Å². The molecule has 0 amide bonds. The molecule has 0 saturated carbocycles. The fourth-order valence-corrected chi connectivity index (χ4v) is 6.08. The van der Waals surface area contributed by atoms with Gasteiger partial charge in [0.05, 0.1) is 12.5 Å². The summed E-state index contributed by atoms with van der Waals surface area (Å²) in [5, 5.41) is 0. The monoisotopic (exact) mass is 366 g/mol. The lowest BCUT2D eigenvalue weighted by molar-refractivity contribution is 0.118. The van der Waals surface area contributed by atoms with Gasteiger partial charge in [0.1, 0.15) is 0 Å². The zero-order valence-electron chi connectivity index (χ0n) is 15.3. The van der Waals surface area contributed by atoms with Crippen molar-refractivity contribution in [3.05, 3.63) is 24.7 Å². The molecule has 23 heavy (non-hydrogen) atoms. The maximum Gasteiger partial charge on any atom is 0.507 e. The van der Waals surface area contributed by atoms with E-state index in [0.29, 0.717) is 0 Å². The van der Waals surface area contributed by atoms with Gasteiger partial charge in [0, 0.05) is 53.7 Å². The predicted octanol–water partition coefficient (Wildman–Crippen LogP) is 2.57. The highest BCUT2D eigenvalue weighted by Gasteiger charge is 2.44. The highest BCUT2D eigenvalue weighted by molar-refractivity contribution is 6.63. The molecule has 9 heteroatoms. The Morgan fingerprint density at radius 2 is 0.826 bits per heavy atom. The van der Waals surface area contributed by atoms with Gasteiger partial charge in [-0.15, -0.1) is 0 Å². The van der Waals surface area contributed by atoms with Crippen molar-refractivity contribution in [3.8, 4) is 0 Å². The third kappa shape index (κ3) is 5.80. The fraction of sp³-hybridized carbons (Fsp3) is 0.714. The highest BCUT2D eigenvalue weighted by atomic mass is 28.4. The van der Waals surface area contributed by atoms with Crippen LogP contribution in [0.2, 0.25) is 11.1 Å². The summed E-state index contributed by atoms with van der Waals surface area (Å²) in [6.45, 7) is 3.90. The fourth-order valence-electron chi connectivity index (χ4n) is 2.22. The lowest BCUT2D eigenvalue weighted by Gasteiger charge is -2.28. The first-order valence-electron chi connectivity index (χ1n) is 7.21. The number of rotatable bonds is 12. The van der Waals surface area contributed by atoms with Gasteiger partial charge in [-0.3, -0.25) is 0 Å². The van der Waals surface area contributed by atoms with Gasteiger partial charge in [0.15, 0.2) is 0 Å². The van der Waals surface area contributed by atoms with Crippen LogP contribution in [0.1, 0.15) is 13.8 Å². The van der Waals surface area contributed by atoms with Crippen LogP contribution in [0.3, 0.4) is 0 Å². The summed E-state index contributed by atoms with van der Waals surface area (Å²) in [5.74, 6) is 0. The maximum atomic E-state index is 5.41. The van der Waals surface area contributed by atoms with Crippen molar-refractivity contribution in [2.24, 2.45) is 0 Å². The van der Waals surface area contributed by atoms with Crippen LogP contribution in [-0.4, -0.2) is 60.3 Å². The molecule has 0 aliphatic rings. The smallest absolute Gasteiger partial charge is 0.473 e. The van der Waals surface area contributed by atoms with E-state index in [-0.39, 0.29) is 11.1 Å². The third-order valence-corrected chi connectivity index (χ3v) is 9.74. The van der Waals surface area contributed by atoms with Gasteiger partial charge < -0.3 is 31.3 Å². The van der Waals surface area contributed by atoms with Gasteiger partial charge in [-0.2, -0.15) is 0 Å². The molecule has 2 atom stereocenters. The topological polar surface area (TPSA) is 64.6 Å². The minimum absolute atomic E-state index is 0.0429. The van der Waals surface area contributed by atoms with Crippen molar-refractivity contribution in [2.45, 2.75) is 24.9 Å². The molecular formula is C14H30O7Si2. The van der Waals surface area contributed by atoms with Gasteiger partial charge >= 0.3 is 17.6 Å². The molecule has 0 radical (unpaired) electrons. The molecule has 0 N–H and O–H groups in total. The van der Waals surface area contributed by atoms with Gasteiger partial charge in [0.25, 0.3) is 0 Å². The molecule has 0 aliphatic heterocycles. The third-order valence-electron chi connectivity index (χ3n) is 3.71. The largest absolute Gasteiger partial charge is 0.507 e. The van der Waals surface area contributed by atoms with Crippen LogP contribution >= 0.6 is 0 Å². The van der Waals surface area contributed by atoms with Crippen LogP contribution < -0.4 is 0 Å². The van der Waals surface area contributed by atoms with Gasteiger partial charge in [-0.05, 0) is 12.2 Å². The Kier molecular flexibility index (Phi) is 10.8. The zero-order valence-corrected chi connectivity index (χ0v) is 17.3. The molecule has 0 rings (SSSR count). The van der Waals surface area contributed by atoms with Crippen molar-refractivity contribution >= 4 is 17.6 Å². The molecule has 0 saturated heterocycles. The second kappa shape index (κ2) is 11.1. The van der Waals surface area contributed by atoms with Crippen molar-refractivity contribution in [1.29, 1.82) is 0 Å². The van der Waals surface area contributed by atoms with E-state index < -0.39 is 17.6 Å². The molecule has 2 unspecified atom stereocenters. The Bertz CT molecular complexity index is 318. The van der Waals surface area contributed by atoms with E-state index in [9.17, 15) is 0 Å². The van der Waals surface area contributed by atoms with Gasteiger partial charge in [-0.1, -0.05) is 13.8 Å². The summed E-state index contributed by atoms with van der Waals surface area (Å²) < 4.78 is 37.8. The standard InChI is InChI=1S/C14H30O7Si2/c1-13(22(15-3,16-4)17-5)9-11-21-12-10-14(2)23(18-6,19-7)20-8/h9-14H,1-8H3/b11-9+,12-10+. The molecule has 136 valence electrons. The van der Waals surface area contributed by atoms with E-state index >= 15 is 0 Å². The van der Waals surface area contributed by atoms with Crippen LogP contribution in [-0.2, 0) is 31.3 Å². The summed E-state index contributed by atoms with van der Waals surface area (Å²) >= 11 is 0. The summed E-state index contributed by atoms with van der Waals surface area (Å²) in [7, 11) is 4.09. The summed E-state index contributed by atoms with van der Waals surface area (Å²) in [6.07, 6.45) is 6.82. The van der Waals surface area contributed by atoms with E-state index in [0.717, 1.165) is 0 Å². The first kappa shape index (κ1) is 22.5. The molecule has 0 heterocycles. The van der Waals surface area contributed by atoms with Crippen molar-refractivity contribution < 1.29 is 31.3 Å². The molecular weight excluding hydrogens is 336 g/mol. The Morgan fingerprint density at radius 3 is 1.04 bits per heavy atom. The van der Waals surface area contributed by atoms with Crippen LogP contribution in [0.5, 0.6) is 0 Å². The zero-order chi connectivity index (χ0) is 17.9. The lowest BCUT2D eigenvalue weighted by atomic mass is 10.4. The van der Waals surface area contributed by atoms with Gasteiger partial charge in [0.2, 0.25) is 0 Å². The van der Waals surface area contributed by atoms with Crippen LogP contribution in [0.4, 0.5) is 0 Å². The number of hydrogen-bond acceptors (Lipinski definition) is 7. The van der Waals surface area contributed by atoms with Gasteiger partial charge in [-0.25, -0.2) is 0 Å². The molecule has 0 spiro atoms. The van der Waals surface area contributed by atoms with E-state index in [1.54, 1.807) is 55.2 Å². The normalized spacial score (nSPS) is 16.2. The first-order chi connectivity index (χ1) is 10.9. The number of allylic oxidation sites excluding steroid dienone is 2. The predicted molar refractivity (Wildman–Crippen MR) is 91.8 cm³/mol. The Labute approximate surface area is 141 Å². The van der Waals surface area contributed by atoms with Crippen molar-refractivity contribution in [1.82, 2.24) is 0 Å². The summed E-state index contributed by atoms with van der Waals surface area (Å²) in [5.41, 5.74) is -0.0857. The Balaban J connectivity index is 4.64. The van der Waals surface area contributed by atoms with E-state index in [4.69, 9.17) is 31.3 Å². The van der Waals surface area contributed by atoms with E-state index in [1.807, 2.05) is 26.0 Å². The minimum Gasteiger partial charge on any atom is -0.473 e. The first-order valence-corrected chi connectivity index (χ1v) is 10.8. The number of ether oxygens (including phenoxy) is 1. The van der Waals surface area contributed by atoms with E-state index in [2.05, 4.69) is 0 Å². The molecule has 0 fully saturated rings. The van der Waals surface area contributed by atoms with Crippen LogP contribution in [0, 0.1) is 0 Å². The second-order valence-corrected chi connectivity index (χ2v) is 11.5. The molecule has 0 aromatic rings. The summed E-state index contributed by atoms with van der Waals surface area (Å²) in [4.78, 5) is 0. The Hall–Kier alpha value is -0.526.